The van der Waals surface area contributed by atoms with E-state index >= 15 is 0 Å². The van der Waals surface area contributed by atoms with Crippen LogP contribution in [0.1, 0.15) is 19.3 Å². The van der Waals surface area contributed by atoms with Crippen LogP contribution in [-0.2, 0) is 0 Å². The van der Waals surface area contributed by atoms with Gasteiger partial charge in [0.1, 0.15) is 17.4 Å². The molecule has 5 rings (SSSR count). The molecule has 162 valence electrons. The number of H-pyrrole nitrogens is 1. The number of nitrogens with one attached hydrogen (secondary N) is 2. The number of phenolic OH excluding ortho intramolecular Hbond substituents is 1. The predicted octanol–water partition coefficient (Wildman–Crippen LogP) is 3.34. The van der Waals surface area contributed by atoms with Crippen LogP contribution in [0.2, 0.25) is 0 Å². The zero-order valence-corrected chi connectivity index (χ0v) is 16.7. The van der Waals surface area contributed by atoms with E-state index in [0.29, 0.717) is 29.9 Å². The number of aromatic hydroxyl groups is 1. The van der Waals surface area contributed by atoms with Crippen LogP contribution in [0.4, 0.5) is 19.0 Å². The van der Waals surface area contributed by atoms with Crippen molar-refractivity contribution in [2.24, 2.45) is 0 Å². The van der Waals surface area contributed by atoms with Crippen LogP contribution in [0.25, 0.3) is 22.4 Å². The number of hydrogen-bond donors (Lipinski definition) is 3. The number of nitrogens with zero attached hydrogens (tertiary/aromatic N) is 4. The third-order valence-electron chi connectivity index (χ3n) is 6.25. The van der Waals surface area contributed by atoms with Crippen molar-refractivity contribution in [3.05, 3.63) is 42.7 Å². The van der Waals surface area contributed by atoms with Crippen molar-refractivity contribution in [1.82, 2.24) is 25.5 Å². The summed E-state index contributed by atoms with van der Waals surface area (Å²) in [5.41, 5.74) is 1.26. The van der Waals surface area contributed by atoms with Crippen LogP contribution >= 0.6 is 0 Å². The van der Waals surface area contributed by atoms with Crippen molar-refractivity contribution in [2.45, 2.75) is 43.3 Å². The molecule has 2 saturated heterocycles. The molecule has 3 N–H and O–H groups in total. The molecule has 2 aromatic heterocycles. The first-order valence-corrected chi connectivity index (χ1v) is 10.0. The number of piperidine rings is 1. The Bertz CT molecular complexity index is 1090. The van der Waals surface area contributed by atoms with E-state index in [1.807, 2.05) is 11.9 Å². The highest BCUT2D eigenvalue weighted by Gasteiger charge is 2.53. The first-order valence-electron chi connectivity index (χ1n) is 10.0. The zero-order chi connectivity index (χ0) is 21.8. The Morgan fingerprint density at radius 1 is 1.13 bits per heavy atom. The molecule has 0 spiro atoms. The summed E-state index contributed by atoms with van der Waals surface area (Å²) in [7, 11) is 1.81. The molecule has 10 heteroatoms. The summed E-state index contributed by atoms with van der Waals surface area (Å²) in [5.74, 6) is -2.80. The van der Waals surface area contributed by atoms with Crippen molar-refractivity contribution in [3.8, 4) is 28.1 Å². The van der Waals surface area contributed by atoms with Crippen molar-refractivity contribution < 1.29 is 18.3 Å². The fourth-order valence-corrected chi connectivity index (χ4v) is 4.56. The maximum atomic E-state index is 14.6. The smallest absolute Gasteiger partial charge is 0.264 e. The van der Waals surface area contributed by atoms with Crippen LogP contribution < -0.4 is 10.2 Å². The quantitative estimate of drug-likeness (QED) is 0.588. The van der Waals surface area contributed by atoms with Crippen LogP contribution in [0, 0.1) is 5.82 Å². The number of aromatic nitrogens is 4. The minimum absolute atomic E-state index is 0.0788. The van der Waals surface area contributed by atoms with E-state index in [0.717, 1.165) is 0 Å². The van der Waals surface area contributed by atoms with Crippen LogP contribution in [0.3, 0.4) is 0 Å². The fraction of sp³-hybridized carbons (Fsp3) is 0.381. The van der Waals surface area contributed by atoms with Gasteiger partial charge >= 0.3 is 0 Å². The third-order valence-corrected chi connectivity index (χ3v) is 6.25. The van der Waals surface area contributed by atoms with Crippen molar-refractivity contribution in [3.63, 3.8) is 0 Å². The van der Waals surface area contributed by atoms with Gasteiger partial charge in [-0.2, -0.15) is 5.10 Å². The normalized spacial score (nSPS) is 24.3. The van der Waals surface area contributed by atoms with Crippen LogP contribution in [0.15, 0.2) is 36.9 Å². The number of phenols is 1. The molecule has 3 aromatic rings. The molecule has 4 heterocycles. The van der Waals surface area contributed by atoms with E-state index in [1.54, 1.807) is 0 Å². The largest absolute Gasteiger partial charge is 0.507 e. The molecule has 0 saturated carbocycles. The van der Waals surface area contributed by atoms with E-state index in [2.05, 4.69) is 25.5 Å². The molecule has 2 aliphatic rings. The molecule has 2 bridgehead atoms. The number of aromatic amines is 1. The average molecular weight is 430 g/mol. The van der Waals surface area contributed by atoms with Gasteiger partial charge in [-0.05, 0) is 25.0 Å². The zero-order valence-electron chi connectivity index (χ0n) is 16.7. The second-order valence-electron chi connectivity index (χ2n) is 8.21. The SMILES string of the molecule is CN(c1cnc(-c2cc(F)c(-c3cn[nH]c3)cc2O)cn1)[C@H]1CC2CC(F)(F)C(C1)N2. The van der Waals surface area contributed by atoms with E-state index in [-0.39, 0.29) is 35.4 Å². The third kappa shape index (κ3) is 3.50. The molecular weight excluding hydrogens is 409 g/mol. The lowest BCUT2D eigenvalue weighted by molar-refractivity contribution is -0.0128. The predicted molar refractivity (Wildman–Crippen MR) is 108 cm³/mol. The summed E-state index contributed by atoms with van der Waals surface area (Å²) in [6.45, 7) is 0. The summed E-state index contributed by atoms with van der Waals surface area (Å²) in [4.78, 5) is 10.6. The van der Waals surface area contributed by atoms with Gasteiger partial charge in [-0.25, -0.2) is 18.2 Å². The van der Waals surface area contributed by atoms with E-state index < -0.39 is 17.8 Å². The van der Waals surface area contributed by atoms with Gasteiger partial charge in [0, 0.05) is 48.4 Å². The summed E-state index contributed by atoms with van der Waals surface area (Å²) in [5, 5.41) is 19.8. The Morgan fingerprint density at radius 2 is 1.97 bits per heavy atom. The highest BCUT2D eigenvalue weighted by atomic mass is 19.3. The minimum atomic E-state index is -2.68. The molecule has 3 atom stereocenters. The molecule has 7 nitrogen and oxygen atoms in total. The second-order valence-corrected chi connectivity index (χ2v) is 8.21. The lowest BCUT2D eigenvalue weighted by Gasteiger charge is -2.36. The molecule has 2 aliphatic heterocycles. The summed E-state index contributed by atoms with van der Waals surface area (Å²) >= 11 is 0. The van der Waals surface area contributed by atoms with Crippen LogP contribution in [0.5, 0.6) is 5.75 Å². The molecule has 0 radical (unpaired) electrons. The van der Waals surface area contributed by atoms with E-state index in [1.165, 1.54) is 36.9 Å². The second kappa shape index (κ2) is 7.23. The van der Waals surface area contributed by atoms with Crippen LogP contribution in [-0.4, -0.2) is 56.4 Å². The highest BCUT2D eigenvalue weighted by molar-refractivity contribution is 5.74. The van der Waals surface area contributed by atoms with Gasteiger partial charge in [0.15, 0.2) is 0 Å². The summed E-state index contributed by atoms with van der Waals surface area (Å²) < 4.78 is 42.6. The number of halogens is 3. The first kappa shape index (κ1) is 19.8. The van der Waals surface area contributed by atoms with E-state index in [4.69, 9.17) is 0 Å². The number of benzene rings is 1. The van der Waals surface area contributed by atoms with Crippen molar-refractivity contribution >= 4 is 5.82 Å². The van der Waals surface area contributed by atoms with Gasteiger partial charge in [0.25, 0.3) is 5.92 Å². The topological polar surface area (TPSA) is 90.0 Å². The van der Waals surface area contributed by atoms with Gasteiger partial charge in [-0.1, -0.05) is 0 Å². The van der Waals surface area contributed by atoms with Gasteiger partial charge in [-0.15, -0.1) is 0 Å². The van der Waals surface area contributed by atoms with Gasteiger partial charge < -0.3 is 15.3 Å². The number of rotatable bonds is 4. The maximum Gasteiger partial charge on any atom is 0.264 e. The Labute approximate surface area is 176 Å². The lowest BCUT2D eigenvalue weighted by atomic mass is 9.98. The van der Waals surface area contributed by atoms with Gasteiger partial charge in [-0.3, -0.25) is 10.1 Å². The lowest BCUT2D eigenvalue weighted by Crippen LogP contribution is -2.49. The summed E-state index contributed by atoms with van der Waals surface area (Å²) in [6.07, 6.45) is 6.75. The molecular formula is C21H21F3N6O. The number of anilines is 1. The van der Waals surface area contributed by atoms with E-state index in [9.17, 15) is 18.3 Å². The van der Waals surface area contributed by atoms with Crippen molar-refractivity contribution in [2.75, 3.05) is 11.9 Å². The molecule has 31 heavy (non-hydrogen) atoms. The minimum Gasteiger partial charge on any atom is -0.507 e. The Balaban J connectivity index is 1.36. The van der Waals surface area contributed by atoms with Gasteiger partial charge in [0.05, 0.1) is 30.3 Å². The molecule has 0 amide bonds. The van der Waals surface area contributed by atoms with Gasteiger partial charge in [0.2, 0.25) is 0 Å². The Morgan fingerprint density at radius 3 is 2.65 bits per heavy atom. The highest BCUT2D eigenvalue weighted by Crippen LogP contribution is 2.41. The Kier molecular flexibility index (Phi) is 4.62. The molecule has 2 fully saturated rings. The maximum absolute atomic E-state index is 14.6. The number of hydrogen-bond acceptors (Lipinski definition) is 6. The molecule has 2 unspecified atom stereocenters. The number of alkyl halides is 2. The summed E-state index contributed by atoms with van der Waals surface area (Å²) in [6, 6.07) is 1.42. The Hall–Kier alpha value is -3.14. The molecule has 0 aliphatic carbocycles. The first-order chi connectivity index (χ1) is 14.8. The molecule has 1 aromatic carbocycles. The number of fused-ring (bicyclic) bond motifs is 2. The monoisotopic (exact) mass is 430 g/mol. The van der Waals surface area contributed by atoms with Crippen molar-refractivity contribution in [1.29, 1.82) is 0 Å². The average Bonchev–Trinajstić information content (AvgIpc) is 3.35. The fourth-order valence-electron chi connectivity index (χ4n) is 4.56. The standard InChI is InChI=1S/C21H21F3N6O/c1-30(13-2-12-6-21(23,24)19(3-13)29-12)20-10-25-17(9-26-20)15-4-16(22)14(5-18(15)31)11-7-27-28-8-11/h4-5,7-10,12-13,19,29,31H,2-3,6H2,1H3,(H,27,28)/t12?,13-,19?/m0/s1.